The predicted octanol–water partition coefficient (Wildman–Crippen LogP) is 3.03. The Balaban J connectivity index is 1.99. The summed E-state index contributed by atoms with van der Waals surface area (Å²) in [6.07, 6.45) is -4.70. The molecule has 1 heterocycles. The molecule has 0 aliphatic carbocycles. The van der Waals surface area contributed by atoms with Crippen LogP contribution in [0.15, 0.2) is 45.7 Å². The maximum atomic E-state index is 13.2. The largest absolute Gasteiger partial charge is 0.508 e. The number of rotatable bonds is 4. The van der Waals surface area contributed by atoms with Gasteiger partial charge >= 0.3 is 11.9 Å². The third kappa shape index (κ3) is 3.82. The molecule has 0 saturated carbocycles. The highest BCUT2D eigenvalue weighted by atomic mass is 79.9. The minimum atomic E-state index is -4.70. The highest BCUT2D eigenvalue weighted by Gasteiger charge is 2.35. The molecule has 0 saturated heterocycles. The van der Waals surface area contributed by atoms with Gasteiger partial charge in [0.1, 0.15) is 23.7 Å². The zero-order valence-electron chi connectivity index (χ0n) is 13.7. The van der Waals surface area contributed by atoms with Gasteiger partial charge in [-0.1, -0.05) is 22.0 Å². The second-order valence-electron chi connectivity index (χ2n) is 5.50. The summed E-state index contributed by atoms with van der Waals surface area (Å²) in [4.78, 5) is 12.1. The highest BCUT2D eigenvalue weighted by molar-refractivity contribution is 9.10. The van der Waals surface area contributed by atoms with Crippen molar-refractivity contribution < 1.29 is 23.0 Å². The number of phenols is 1. The van der Waals surface area contributed by atoms with Crippen LogP contribution in [-0.2, 0) is 19.8 Å². The van der Waals surface area contributed by atoms with E-state index in [0.717, 1.165) is 21.5 Å². The first-order chi connectivity index (χ1) is 12.7. The van der Waals surface area contributed by atoms with Crippen molar-refractivity contribution in [2.75, 3.05) is 0 Å². The molecule has 0 amide bonds. The monoisotopic (exact) mass is 444 g/mol. The summed E-state index contributed by atoms with van der Waals surface area (Å²) in [5.74, 6) is -0.976. The van der Waals surface area contributed by atoms with Gasteiger partial charge in [-0.2, -0.15) is 22.5 Å². The minimum absolute atomic E-state index is 0.284. The van der Waals surface area contributed by atoms with E-state index in [-0.39, 0.29) is 6.61 Å². The number of hydrogen-bond donors (Lipinski definition) is 1. The third-order valence-electron chi connectivity index (χ3n) is 3.68. The lowest BCUT2D eigenvalue weighted by Crippen LogP contribution is -2.23. The van der Waals surface area contributed by atoms with Crippen LogP contribution in [0.4, 0.5) is 13.2 Å². The van der Waals surface area contributed by atoms with Gasteiger partial charge in [0.25, 0.3) is 0 Å². The van der Waals surface area contributed by atoms with Crippen molar-refractivity contribution >= 4 is 15.9 Å². The van der Waals surface area contributed by atoms with E-state index in [2.05, 4.69) is 26.4 Å². The lowest BCUT2D eigenvalue weighted by Gasteiger charge is -2.16. The number of ether oxygens (including phenoxy) is 1. The second-order valence-corrected chi connectivity index (χ2v) is 6.36. The van der Waals surface area contributed by atoms with Crippen LogP contribution in [0.25, 0.3) is 5.69 Å². The summed E-state index contributed by atoms with van der Waals surface area (Å²) in [7, 11) is 1.42. The van der Waals surface area contributed by atoms with E-state index in [1.54, 1.807) is 18.2 Å². The van der Waals surface area contributed by atoms with Crippen LogP contribution < -0.4 is 10.4 Å². The number of phenolic OH excluding ortho intramolecular Hbond substituents is 1. The molecular weight excluding hydrogens is 433 g/mol. The zero-order chi connectivity index (χ0) is 19.8. The zero-order valence-corrected chi connectivity index (χ0v) is 15.3. The van der Waals surface area contributed by atoms with Gasteiger partial charge in [-0.3, -0.25) is 0 Å². The van der Waals surface area contributed by atoms with Crippen molar-refractivity contribution in [1.29, 1.82) is 0 Å². The molecule has 142 valence electrons. The van der Waals surface area contributed by atoms with Crippen molar-refractivity contribution in [3.05, 3.63) is 62.5 Å². The molecule has 3 rings (SSSR count). The number of benzene rings is 2. The smallest absolute Gasteiger partial charge is 0.420 e. The van der Waals surface area contributed by atoms with Gasteiger partial charge in [0, 0.05) is 17.1 Å². The fourth-order valence-electron chi connectivity index (χ4n) is 2.37. The average Bonchev–Trinajstić information content (AvgIpc) is 2.93. The summed E-state index contributed by atoms with van der Waals surface area (Å²) in [6, 6.07) is 7.59. The van der Waals surface area contributed by atoms with Gasteiger partial charge in [0.15, 0.2) is 0 Å². The minimum Gasteiger partial charge on any atom is -0.508 e. The molecule has 0 aliphatic heterocycles. The van der Waals surface area contributed by atoms with Crippen LogP contribution in [0.3, 0.4) is 0 Å². The van der Waals surface area contributed by atoms with Crippen LogP contribution in [0, 0.1) is 0 Å². The fraction of sp³-hybridized carbons (Fsp3) is 0.188. The molecule has 0 aliphatic rings. The van der Waals surface area contributed by atoms with E-state index < -0.39 is 28.9 Å². The first-order valence-electron chi connectivity index (χ1n) is 7.48. The molecular formula is C16H12BrF3N4O3. The van der Waals surface area contributed by atoms with Crippen LogP contribution in [0.5, 0.6) is 11.5 Å². The Kier molecular flexibility index (Phi) is 4.96. The lowest BCUT2D eigenvalue weighted by atomic mass is 10.1. The summed E-state index contributed by atoms with van der Waals surface area (Å²) in [5, 5.41) is 16.7. The standard InChI is InChI=1S/C16H12BrF3N4O3/c1-23-15(26)24(22-21-23)13-4-2-3-12(17)10(13)8-27-14-6-5-9(25)7-11(14)16(18,19)20/h2-7,25H,8H2,1H3. The molecule has 0 atom stereocenters. The van der Waals surface area contributed by atoms with Crippen LogP contribution in [0.2, 0.25) is 0 Å². The number of aromatic hydroxyl groups is 1. The van der Waals surface area contributed by atoms with Gasteiger partial charge in [-0.25, -0.2) is 4.79 Å². The molecule has 0 bridgehead atoms. The molecule has 3 aromatic rings. The Labute approximate surface area is 158 Å². The van der Waals surface area contributed by atoms with Crippen LogP contribution >= 0.6 is 15.9 Å². The Morgan fingerprint density at radius 1 is 1.22 bits per heavy atom. The fourth-order valence-corrected chi connectivity index (χ4v) is 2.84. The number of tetrazole rings is 1. The van der Waals surface area contributed by atoms with Gasteiger partial charge in [0.2, 0.25) is 0 Å². The molecule has 1 aromatic heterocycles. The number of halogens is 4. The molecule has 2 aromatic carbocycles. The normalized spacial score (nSPS) is 11.6. The Morgan fingerprint density at radius 2 is 1.96 bits per heavy atom. The number of aryl methyl sites for hydroxylation is 1. The quantitative estimate of drug-likeness (QED) is 0.668. The summed E-state index contributed by atoms with van der Waals surface area (Å²) in [6.45, 7) is -0.284. The van der Waals surface area contributed by atoms with Crippen molar-refractivity contribution in [2.24, 2.45) is 7.05 Å². The number of hydrogen-bond acceptors (Lipinski definition) is 5. The van der Waals surface area contributed by atoms with Crippen molar-refractivity contribution in [2.45, 2.75) is 12.8 Å². The molecule has 0 fully saturated rings. The molecule has 0 radical (unpaired) electrons. The van der Waals surface area contributed by atoms with E-state index in [1.165, 1.54) is 7.05 Å². The number of alkyl halides is 3. The molecule has 7 nitrogen and oxygen atoms in total. The summed E-state index contributed by atoms with van der Waals surface area (Å²) >= 11 is 3.31. The SMILES string of the molecule is Cn1nnn(-c2cccc(Br)c2COc2ccc(O)cc2C(F)(F)F)c1=O. The maximum absolute atomic E-state index is 13.2. The third-order valence-corrected chi connectivity index (χ3v) is 4.43. The van der Waals surface area contributed by atoms with E-state index in [0.29, 0.717) is 21.8 Å². The van der Waals surface area contributed by atoms with Crippen molar-refractivity contribution in [1.82, 2.24) is 19.8 Å². The van der Waals surface area contributed by atoms with Gasteiger partial charge in [-0.05, 0) is 40.8 Å². The van der Waals surface area contributed by atoms with E-state index in [1.807, 2.05) is 0 Å². The first-order valence-corrected chi connectivity index (χ1v) is 8.27. The van der Waals surface area contributed by atoms with E-state index in [9.17, 15) is 23.1 Å². The molecule has 27 heavy (non-hydrogen) atoms. The first kappa shape index (κ1) is 19.0. The lowest BCUT2D eigenvalue weighted by molar-refractivity contribution is -0.139. The molecule has 1 N–H and O–H groups in total. The molecule has 0 spiro atoms. The predicted molar refractivity (Wildman–Crippen MR) is 91.7 cm³/mol. The van der Waals surface area contributed by atoms with E-state index in [4.69, 9.17) is 4.74 Å². The van der Waals surface area contributed by atoms with Gasteiger partial charge in [-0.15, -0.1) is 0 Å². The highest BCUT2D eigenvalue weighted by Crippen LogP contribution is 2.38. The Bertz CT molecular complexity index is 1050. The van der Waals surface area contributed by atoms with Gasteiger partial charge in [0.05, 0.1) is 5.69 Å². The van der Waals surface area contributed by atoms with Crippen LogP contribution in [-0.4, -0.2) is 24.9 Å². The second kappa shape index (κ2) is 7.06. The number of aromatic nitrogens is 4. The molecule has 0 unspecified atom stereocenters. The van der Waals surface area contributed by atoms with Crippen molar-refractivity contribution in [3.63, 3.8) is 0 Å². The van der Waals surface area contributed by atoms with E-state index >= 15 is 0 Å². The Morgan fingerprint density at radius 3 is 2.59 bits per heavy atom. The molecule has 11 heteroatoms. The van der Waals surface area contributed by atoms with Crippen molar-refractivity contribution in [3.8, 4) is 17.2 Å². The topological polar surface area (TPSA) is 82.2 Å². The van der Waals surface area contributed by atoms with Gasteiger partial charge < -0.3 is 9.84 Å². The van der Waals surface area contributed by atoms with Crippen LogP contribution in [0.1, 0.15) is 11.1 Å². The summed E-state index contributed by atoms with van der Waals surface area (Å²) in [5.41, 5.74) is -0.904. The Hall–Kier alpha value is -2.82. The average molecular weight is 445 g/mol. The maximum Gasteiger partial charge on any atom is 0.420 e. The summed E-state index contributed by atoms with van der Waals surface area (Å²) < 4.78 is 47.4. The number of nitrogens with zero attached hydrogens (tertiary/aromatic N) is 4.